The predicted octanol–water partition coefficient (Wildman–Crippen LogP) is 3.42. The molecule has 2 atom stereocenters. The van der Waals surface area contributed by atoms with Crippen molar-refractivity contribution in [3.63, 3.8) is 0 Å². The van der Waals surface area contributed by atoms with Crippen LogP contribution in [0.2, 0.25) is 0 Å². The molecule has 156 valence electrons. The van der Waals surface area contributed by atoms with Crippen LogP contribution in [0.4, 0.5) is 0 Å². The van der Waals surface area contributed by atoms with Crippen LogP contribution in [0.3, 0.4) is 0 Å². The highest BCUT2D eigenvalue weighted by Gasteiger charge is 2.32. The maximum absolute atomic E-state index is 12.8. The minimum Gasteiger partial charge on any atom is -0.379 e. The molecule has 29 heavy (non-hydrogen) atoms. The molecule has 2 aliphatic heterocycles. The van der Waals surface area contributed by atoms with Crippen molar-refractivity contribution >= 4 is 17.2 Å². The van der Waals surface area contributed by atoms with Gasteiger partial charge in [0.05, 0.1) is 19.3 Å². The Balaban J connectivity index is 1.27. The number of benzene rings is 1. The topological polar surface area (TPSA) is 44.8 Å². The zero-order chi connectivity index (χ0) is 20.1. The normalized spacial score (nSPS) is 21.9. The van der Waals surface area contributed by atoms with Gasteiger partial charge < -0.3 is 10.1 Å². The molecule has 1 N–H and O–H groups in total. The molecular weight excluding hydrogens is 382 g/mol. The van der Waals surface area contributed by atoms with E-state index >= 15 is 0 Å². The SMILES string of the molecule is C[C@H](C(=O)NCc1ccc(CN2CCOCC2)cc1)N1CCC[C@H]1c1ccsc1. The zero-order valence-electron chi connectivity index (χ0n) is 17.2. The number of hydrogen-bond donors (Lipinski definition) is 1. The van der Waals surface area contributed by atoms with E-state index in [-0.39, 0.29) is 11.9 Å². The third-order valence-electron chi connectivity index (χ3n) is 6.10. The minimum absolute atomic E-state index is 0.108. The van der Waals surface area contributed by atoms with Gasteiger partial charge in [-0.15, -0.1) is 0 Å². The lowest BCUT2D eigenvalue weighted by Gasteiger charge is -2.29. The Hall–Kier alpha value is -1.73. The van der Waals surface area contributed by atoms with Crippen LogP contribution < -0.4 is 5.32 Å². The molecule has 0 radical (unpaired) electrons. The van der Waals surface area contributed by atoms with E-state index in [4.69, 9.17) is 4.74 Å². The molecule has 0 spiro atoms. The molecule has 3 heterocycles. The van der Waals surface area contributed by atoms with Crippen LogP contribution in [0.25, 0.3) is 0 Å². The first-order chi connectivity index (χ1) is 14.2. The summed E-state index contributed by atoms with van der Waals surface area (Å²) in [6, 6.07) is 11.1. The zero-order valence-corrected chi connectivity index (χ0v) is 18.0. The van der Waals surface area contributed by atoms with Crippen molar-refractivity contribution in [2.45, 2.75) is 44.9 Å². The first-order valence-electron chi connectivity index (χ1n) is 10.6. The summed E-state index contributed by atoms with van der Waals surface area (Å²) in [6.45, 7) is 8.22. The highest BCUT2D eigenvalue weighted by atomic mass is 32.1. The quantitative estimate of drug-likeness (QED) is 0.755. The summed E-state index contributed by atoms with van der Waals surface area (Å²) in [5.41, 5.74) is 3.81. The second kappa shape index (κ2) is 9.85. The van der Waals surface area contributed by atoms with Crippen LogP contribution in [0.1, 0.15) is 42.5 Å². The Morgan fingerprint density at radius 3 is 2.66 bits per heavy atom. The monoisotopic (exact) mass is 413 g/mol. The molecule has 0 aliphatic carbocycles. The van der Waals surface area contributed by atoms with Crippen LogP contribution in [0.15, 0.2) is 41.1 Å². The van der Waals surface area contributed by atoms with Crippen LogP contribution >= 0.6 is 11.3 Å². The summed E-state index contributed by atoms with van der Waals surface area (Å²) in [4.78, 5) is 17.5. The summed E-state index contributed by atoms with van der Waals surface area (Å²) >= 11 is 1.73. The molecule has 5 nitrogen and oxygen atoms in total. The van der Waals surface area contributed by atoms with Crippen LogP contribution in [-0.4, -0.2) is 54.6 Å². The number of nitrogens with one attached hydrogen (secondary N) is 1. The Morgan fingerprint density at radius 2 is 1.93 bits per heavy atom. The fraction of sp³-hybridized carbons (Fsp3) is 0.522. The lowest BCUT2D eigenvalue weighted by atomic mass is 10.1. The third-order valence-corrected chi connectivity index (χ3v) is 6.80. The van der Waals surface area contributed by atoms with Gasteiger partial charge >= 0.3 is 0 Å². The summed E-state index contributed by atoms with van der Waals surface area (Å²) in [6.07, 6.45) is 2.29. The van der Waals surface area contributed by atoms with Gasteiger partial charge in [0.1, 0.15) is 0 Å². The van der Waals surface area contributed by atoms with Crippen molar-refractivity contribution in [1.29, 1.82) is 0 Å². The Bertz CT molecular complexity index is 772. The standard InChI is InChI=1S/C23H31N3O2S/c1-18(26-9-2-3-22(26)21-8-14-29-17-21)23(27)24-15-19-4-6-20(7-5-19)16-25-10-12-28-13-11-25/h4-8,14,17-18,22H,2-3,9-13,15-16H2,1H3,(H,24,27)/t18-,22+/m1/s1. The molecule has 1 aromatic carbocycles. The minimum atomic E-state index is -0.108. The first-order valence-corrected chi connectivity index (χ1v) is 11.6. The summed E-state index contributed by atoms with van der Waals surface area (Å²) in [5.74, 6) is 0.115. The van der Waals surface area contributed by atoms with Gasteiger partial charge in [-0.2, -0.15) is 11.3 Å². The summed E-state index contributed by atoms with van der Waals surface area (Å²) in [5, 5.41) is 7.48. The molecule has 0 unspecified atom stereocenters. The number of likely N-dealkylation sites (tertiary alicyclic amines) is 1. The molecule has 4 rings (SSSR count). The first kappa shape index (κ1) is 20.5. The Morgan fingerprint density at radius 1 is 1.17 bits per heavy atom. The van der Waals surface area contributed by atoms with E-state index in [1.54, 1.807) is 11.3 Å². The average Bonchev–Trinajstić information content (AvgIpc) is 3.45. The number of thiophene rings is 1. The lowest BCUT2D eigenvalue weighted by Crippen LogP contribution is -2.44. The number of ether oxygens (including phenoxy) is 1. The highest BCUT2D eigenvalue weighted by molar-refractivity contribution is 7.07. The van der Waals surface area contributed by atoms with E-state index in [1.807, 2.05) is 6.92 Å². The van der Waals surface area contributed by atoms with E-state index in [1.165, 1.54) is 11.1 Å². The third kappa shape index (κ3) is 5.25. The number of nitrogens with zero attached hydrogens (tertiary/aromatic N) is 2. The van der Waals surface area contributed by atoms with Gasteiger partial charge in [-0.25, -0.2) is 0 Å². The number of hydrogen-bond acceptors (Lipinski definition) is 5. The summed E-state index contributed by atoms with van der Waals surface area (Å²) < 4.78 is 5.41. The number of amides is 1. The van der Waals surface area contributed by atoms with E-state index in [0.717, 1.165) is 57.8 Å². The van der Waals surface area contributed by atoms with Gasteiger partial charge in [0, 0.05) is 32.2 Å². The van der Waals surface area contributed by atoms with Crippen molar-refractivity contribution in [3.05, 3.63) is 57.8 Å². The van der Waals surface area contributed by atoms with Crippen molar-refractivity contribution in [1.82, 2.24) is 15.1 Å². The van der Waals surface area contributed by atoms with E-state index in [0.29, 0.717) is 12.6 Å². The largest absolute Gasteiger partial charge is 0.379 e. The fourth-order valence-electron chi connectivity index (χ4n) is 4.34. The fourth-order valence-corrected chi connectivity index (χ4v) is 5.05. The van der Waals surface area contributed by atoms with Crippen LogP contribution in [0.5, 0.6) is 0 Å². The molecule has 2 aromatic rings. The number of carbonyl (C=O) groups is 1. The molecule has 0 saturated carbocycles. The Labute approximate surface area is 177 Å². The van der Waals surface area contributed by atoms with Gasteiger partial charge in [0.25, 0.3) is 0 Å². The second-order valence-electron chi connectivity index (χ2n) is 8.05. The number of morpholine rings is 1. The molecule has 6 heteroatoms. The van der Waals surface area contributed by atoms with E-state index in [2.05, 4.69) is 56.2 Å². The van der Waals surface area contributed by atoms with Crippen LogP contribution in [0, 0.1) is 0 Å². The van der Waals surface area contributed by atoms with Crippen molar-refractivity contribution in [2.24, 2.45) is 0 Å². The maximum atomic E-state index is 12.8. The Kier molecular flexibility index (Phi) is 6.98. The average molecular weight is 414 g/mol. The second-order valence-corrected chi connectivity index (χ2v) is 8.83. The van der Waals surface area contributed by atoms with Crippen molar-refractivity contribution < 1.29 is 9.53 Å². The van der Waals surface area contributed by atoms with Crippen molar-refractivity contribution in [2.75, 3.05) is 32.8 Å². The molecule has 1 amide bonds. The molecule has 2 aliphatic rings. The molecule has 0 bridgehead atoms. The van der Waals surface area contributed by atoms with Crippen LogP contribution in [-0.2, 0) is 22.6 Å². The molecule has 1 aromatic heterocycles. The molecule has 2 fully saturated rings. The lowest BCUT2D eigenvalue weighted by molar-refractivity contribution is -0.126. The smallest absolute Gasteiger partial charge is 0.237 e. The summed E-state index contributed by atoms with van der Waals surface area (Å²) in [7, 11) is 0. The van der Waals surface area contributed by atoms with Gasteiger partial charge in [-0.05, 0) is 59.8 Å². The van der Waals surface area contributed by atoms with E-state index < -0.39 is 0 Å². The van der Waals surface area contributed by atoms with E-state index in [9.17, 15) is 4.79 Å². The molecular formula is C23H31N3O2S. The highest BCUT2D eigenvalue weighted by Crippen LogP contribution is 2.34. The van der Waals surface area contributed by atoms with Gasteiger partial charge in [0.15, 0.2) is 0 Å². The van der Waals surface area contributed by atoms with Gasteiger partial charge in [-0.1, -0.05) is 24.3 Å². The number of rotatable bonds is 7. The maximum Gasteiger partial charge on any atom is 0.237 e. The molecule has 2 saturated heterocycles. The van der Waals surface area contributed by atoms with Gasteiger partial charge in [-0.3, -0.25) is 14.6 Å². The van der Waals surface area contributed by atoms with Crippen molar-refractivity contribution in [3.8, 4) is 0 Å². The van der Waals surface area contributed by atoms with Gasteiger partial charge in [0.2, 0.25) is 5.91 Å². The number of carbonyl (C=O) groups excluding carboxylic acids is 1. The predicted molar refractivity (Wildman–Crippen MR) is 117 cm³/mol.